The highest BCUT2D eigenvalue weighted by atomic mass is 32.2. The highest BCUT2D eigenvalue weighted by molar-refractivity contribution is 7.92. The third-order valence-electron chi connectivity index (χ3n) is 5.10. The van der Waals surface area contributed by atoms with E-state index in [-0.39, 0.29) is 0 Å². The largest absolute Gasteiger partial charge is 0.293 e. The average Bonchev–Trinajstić information content (AvgIpc) is 2.59. The van der Waals surface area contributed by atoms with Crippen molar-refractivity contribution in [2.75, 3.05) is 19.6 Å². The fourth-order valence-corrected chi connectivity index (χ4v) is 4.76. The first-order valence-electron chi connectivity index (χ1n) is 8.66. The second kappa shape index (κ2) is 6.75. The summed E-state index contributed by atoms with van der Waals surface area (Å²) >= 11 is 0. The molecule has 2 aliphatic rings. The lowest BCUT2D eigenvalue weighted by atomic mass is 9.97. The van der Waals surface area contributed by atoms with E-state index in [1.807, 2.05) is 30.3 Å². The molecule has 0 unspecified atom stereocenters. The fourth-order valence-electron chi connectivity index (χ4n) is 3.50. The molecular weight excluding hydrogens is 332 g/mol. The van der Waals surface area contributed by atoms with Crippen molar-refractivity contribution in [3.8, 4) is 0 Å². The SMILES string of the molecule is O=S(=O)(/C=C/c1ccccc1)N1CC(N2CCc3ccccc3C2)C1. The maximum absolute atomic E-state index is 12.4. The van der Waals surface area contributed by atoms with Crippen LogP contribution in [-0.2, 0) is 23.0 Å². The number of sulfonamides is 1. The van der Waals surface area contributed by atoms with E-state index in [0.717, 1.165) is 25.1 Å². The van der Waals surface area contributed by atoms with E-state index in [0.29, 0.717) is 19.1 Å². The summed E-state index contributed by atoms with van der Waals surface area (Å²) in [5, 5.41) is 1.32. The van der Waals surface area contributed by atoms with Gasteiger partial charge in [-0.1, -0.05) is 54.6 Å². The molecule has 4 nitrogen and oxygen atoms in total. The molecular formula is C20H22N2O2S. The Labute approximate surface area is 149 Å². The Morgan fingerprint density at radius 2 is 1.60 bits per heavy atom. The number of fused-ring (bicyclic) bond motifs is 1. The molecule has 4 rings (SSSR count). The van der Waals surface area contributed by atoms with Crippen LogP contribution in [0, 0.1) is 0 Å². The van der Waals surface area contributed by atoms with Crippen molar-refractivity contribution in [3.05, 3.63) is 76.7 Å². The van der Waals surface area contributed by atoms with Gasteiger partial charge in [0.2, 0.25) is 10.0 Å². The van der Waals surface area contributed by atoms with Crippen LogP contribution >= 0.6 is 0 Å². The minimum atomic E-state index is -3.33. The van der Waals surface area contributed by atoms with Crippen LogP contribution < -0.4 is 0 Å². The van der Waals surface area contributed by atoms with E-state index >= 15 is 0 Å². The molecule has 0 saturated carbocycles. The zero-order valence-electron chi connectivity index (χ0n) is 14.1. The Hall–Kier alpha value is -1.95. The Bertz CT molecular complexity index is 872. The third-order valence-corrected chi connectivity index (χ3v) is 6.60. The zero-order valence-corrected chi connectivity index (χ0v) is 14.9. The maximum atomic E-state index is 12.4. The molecule has 2 aliphatic heterocycles. The summed E-state index contributed by atoms with van der Waals surface area (Å²) in [6.07, 6.45) is 2.72. The smallest absolute Gasteiger partial charge is 0.236 e. The summed E-state index contributed by atoms with van der Waals surface area (Å²) in [6.45, 7) is 3.11. The van der Waals surface area contributed by atoms with Crippen LogP contribution in [0.25, 0.3) is 6.08 Å². The van der Waals surface area contributed by atoms with Crippen molar-refractivity contribution >= 4 is 16.1 Å². The van der Waals surface area contributed by atoms with Crippen molar-refractivity contribution in [3.63, 3.8) is 0 Å². The summed E-state index contributed by atoms with van der Waals surface area (Å²) in [4.78, 5) is 2.41. The van der Waals surface area contributed by atoms with Gasteiger partial charge in [-0.15, -0.1) is 0 Å². The first kappa shape index (κ1) is 16.5. The van der Waals surface area contributed by atoms with Gasteiger partial charge in [0, 0.05) is 37.6 Å². The van der Waals surface area contributed by atoms with Crippen LogP contribution in [0.4, 0.5) is 0 Å². The molecule has 0 atom stereocenters. The first-order valence-corrected chi connectivity index (χ1v) is 10.2. The quantitative estimate of drug-likeness (QED) is 0.848. The zero-order chi connectivity index (χ0) is 17.3. The average molecular weight is 354 g/mol. The number of hydrogen-bond donors (Lipinski definition) is 0. The molecule has 2 aromatic carbocycles. The molecule has 0 spiro atoms. The van der Waals surface area contributed by atoms with Gasteiger partial charge in [0.15, 0.2) is 0 Å². The molecule has 0 N–H and O–H groups in total. The number of benzene rings is 2. The van der Waals surface area contributed by atoms with Gasteiger partial charge < -0.3 is 0 Å². The number of rotatable bonds is 4. The number of hydrogen-bond acceptors (Lipinski definition) is 3. The van der Waals surface area contributed by atoms with Gasteiger partial charge in [0.05, 0.1) is 0 Å². The normalized spacial score (nSPS) is 19.7. The monoisotopic (exact) mass is 354 g/mol. The summed E-state index contributed by atoms with van der Waals surface area (Å²) in [5.41, 5.74) is 3.70. The topological polar surface area (TPSA) is 40.6 Å². The molecule has 0 bridgehead atoms. The lowest BCUT2D eigenvalue weighted by molar-refractivity contribution is 0.0777. The predicted molar refractivity (Wildman–Crippen MR) is 100 cm³/mol. The molecule has 1 fully saturated rings. The minimum absolute atomic E-state index is 0.327. The second-order valence-electron chi connectivity index (χ2n) is 6.72. The van der Waals surface area contributed by atoms with Crippen molar-refractivity contribution in [2.24, 2.45) is 0 Å². The Balaban J connectivity index is 1.36. The van der Waals surface area contributed by atoms with E-state index in [2.05, 4.69) is 29.2 Å². The Morgan fingerprint density at radius 1 is 0.920 bits per heavy atom. The molecule has 2 heterocycles. The molecule has 0 aromatic heterocycles. The lowest BCUT2D eigenvalue weighted by Crippen LogP contribution is -2.61. The van der Waals surface area contributed by atoms with Gasteiger partial charge >= 0.3 is 0 Å². The summed E-state index contributed by atoms with van der Waals surface area (Å²) in [5.74, 6) is 0. The summed E-state index contributed by atoms with van der Waals surface area (Å²) in [7, 11) is -3.33. The van der Waals surface area contributed by atoms with Crippen molar-refractivity contribution in [1.29, 1.82) is 0 Å². The second-order valence-corrected chi connectivity index (χ2v) is 8.54. The molecule has 130 valence electrons. The van der Waals surface area contributed by atoms with E-state index < -0.39 is 10.0 Å². The molecule has 2 aromatic rings. The van der Waals surface area contributed by atoms with Crippen LogP contribution in [-0.4, -0.2) is 43.3 Å². The minimum Gasteiger partial charge on any atom is -0.293 e. The van der Waals surface area contributed by atoms with Gasteiger partial charge in [0.25, 0.3) is 0 Å². The van der Waals surface area contributed by atoms with Crippen molar-refractivity contribution in [1.82, 2.24) is 9.21 Å². The van der Waals surface area contributed by atoms with E-state index in [9.17, 15) is 8.42 Å². The van der Waals surface area contributed by atoms with Gasteiger partial charge in [-0.2, -0.15) is 4.31 Å². The van der Waals surface area contributed by atoms with Crippen LogP contribution in [0.2, 0.25) is 0 Å². The van der Waals surface area contributed by atoms with Gasteiger partial charge in [-0.3, -0.25) is 4.90 Å². The molecule has 0 radical (unpaired) electrons. The van der Waals surface area contributed by atoms with E-state index in [1.165, 1.54) is 16.5 Å². The fraction of sp³-hybridized carbons (Fsp3) is 0.300. The van der Waals surface area contributed by atoms with E-state index in [1.54, 1.807) is 10.4 Å². The Morgan fingerprint density at radius 3 is 2.36 bits per heavy atom. The summed E-state index contributed by atoms with van der Waals surface area (Å²) in [6, 6.07) is 18.4. The number of nitrogens with zero attached hydrogens (tertiary/aromatic N) is 2. The van der Waals surface area contributed by atoms with Crippen LogP contribution in [0.1, 0.15) is 16.7 Å². The molecule has 25 heavy (non-hydrogen) atoms. The highest BCUT2D eigenvalue weighted by Crippen LogP contribution is 2.26. The molecule has 0 amide bonds. The van der Waals surface area contributed by atoms with Gasteiger partial charge in [-0.05, 0) is 29.2 Å². The third kappa shape index (κ3) is 3.54. The maximum Gasteiger partial charge on any atom is 0.236 e. The van der Waals surface area contributed by atoms with Crippen molar-refractivity contribution < 1.29 is 8.42 Å². The lowest BCUT2D eigenvalue weighted by Gasteiger charge is -2.45. The van der Waals surface area contributed by atoms with Crippen LogP contribution in [0.3, 0.4) is 0 Å². The van der Waals surface area contributed by atoms with Crippen molar-refractivity contribution in [2.45, 2.75) is 19.0 Å². The Kier molecular flexibility index (Phi) is 4.46. The standard InChI is InChI=1S/C20H22N2O2S/c23-25(24,13-11-17-6-2-1-3-7-17)22-15-20(16-22)21-12-10-18-8-4-5-9-19(18)14-21/h1-9,11,13,20H,10,12,14-16H2/b13-11+. The van der Waals surface area contributed by atoms with Crippen LogP contribution in [0.15, 0.2) is 60.0 Å². The van der Waals surface area contributed by atoms with Gasteiger partial charge in [0.1, 0.15) is 0 Å². The highest BCUT2D eigenvalue weighted by Gasteiger charge is 2.38. The molecule has 5 heteroatoms. The summed E-state index contributed by atoms with van der Waals surface area (Å²) < 4.78 is 26.4. The molecule has 1 saturated heterocycles. The van der Waals surface area contributed by atoms with Gasteiger partial charge in [-0.25, -0.2) is 8.42 Å². The van der Waals surface area contributed by atoms with E-state index in [4.69, 9.17) is 0 Å². The molecule has 0 aliphatic carbocycles. The first-order chi connectivity index (χ1) is 12.1. The van der Waals surface area contributed by atoms with Crippen LogP contribution in [0.5, 0.6) is 0 Å². The predicted octanol–water partition coefficient (Wildman–Crippen LogP) is 2.73.